The largest absolute Gasteiger partial charge is 0.353 e. The van der Waals surface area contributed by atoms with Gasteiger partial charge in [-0.2, -0.15) is 0 Å². The number of terminal acetylenes is 1. The molecule has 1 saturated heterocycles. The molecule has 5 nitrogen and oxygen atoms in total. The summed E-state index contributed by atoms with van der Waals surface area (Å²) < 4.78 is 0. The lowest BCUT2D eigenvalue weighted by molar-refractivity contribution is -0.122. The molecule has 1 aliphatic rings. The Hall–Kier alpha value is -1.09. The van der Waals surface area contributed by atoms with Crippen molar-refractivity contribution in [3.8, 4) is 12.3 Å². The fourth-order valence-corrected chi connectivity index (χ4v) is 2.18. The van der Waals surface area contributed by atoms with Gasteiger partial charge in [-0.3, -0.25) is 9.69 Å². The highest BCUT2D eigenvalue weighted by atomic mass is 16.2. The fourth-order valence-electron chi connectivity index (χ4n) is 2.18. The number of carbonyl (C=O) groups is 1. The number of nitrogens with one attached hydrogen (secondary N) is 1. The van der Waals surface area contributed by atoms with Crippen LogP contribution in [0.1, 0.15) is 20.3 Å². The van der Waals surface area contributed by atoms with Gasteiger partial charge >= 0.3 is 0 Å². The van der Waals surface area contributed by atoms with E-state index in [2.05, 4.69) is 41.9 Å². The van der Waals surface area contributed by atoms with E-state index in [4.69, 9.17) is 12.2 Å². The molecule has 1 unspecified atom stereocenters. The molecule has 0 saturated carbocycles. The topological polar surface area (TPSA) is 61.6 Å². The smallest absolute Gasteiger partial charge is 0.237 e. The van der Waals surface area contributed by atoms with Crippen LogP contribution in [0.15, 0.2) is 0 Å². The highest BCUT2D eigenvalue weighted by molar-refractivity contribution is 5.81. The Balaban J connectivity index is 2.42. The van der Waals surface area contributed by atoms with Crippen molar-refractivity contribution in [2.75, 3.05) is 39.8 Å². The molecule has 0 aliphatic carbocycles. The molecule has 108 valence electrons. The lowest BCUT2D eigenvalue weighted by Gasteiger charge is -2.43. The van der Waals surface area contributed by atoms with Crippen molar-refractivity contribution in [1.29, 1.82) is 0 Å². The fraction of sp³-hybridized carbons (Fsp3) is 0.786. The zero-order valence-electron chi connectivity index (χ0n) is 12.3. The number of hydrogen-bond donors (Lipinski definition) is 2. The molecule has 0 aromatic rings. The first-order chi connectivity index (χ1) is 8.86. The van der Waals surface area contributed by atoms with Gasteiger partial charge in [0.05, 0.1) is 6.04 Å². The molecule has 1 amide bonds. The minimum atomic E-state index is -0.603. The number of amides is 1. The standard InChI is InChI=1S/C14H26N4O/c1-5-6-12(15)13(19)16-11-14(2,3)18-9-7-17(4)8-10-18/h1,12H,6-11,15H2,2-4H3,(H,16,19). The average Bonchev–Trinajstić information content (AvgIpc) is 2.37. The van der Waals surface area contributed by atoms with E-state index in [0.29, 0.717) is 6.54 Å². The van der Waals surface area contributed by atoms with Crippen molar-refractivity contribution in [2.45, 2.75) is 31.8 Å². The molecule has 1 heterocycles. The number of nitrogens with zero attached hydrogens (tertiary/aromatic N) is 2. The van der Waals surface area contributed by atoms with E-state index in [9.17, 15) is 4.79 Å². The number of nitrogens with two attached hydrogens (primary N) is 1. The minimum absolute atomic E-state index is 0.0627. The van der Waals surface area contributed by atoms with Gasteiger partial charge in [-0.15, -0.1) is 12.3 Å². The Labute approximate surface area is 116 Å². The molecule has 0 aromatic carbocycles. The Bertz CT molecular complexity index is 340. The Morgan fingerprint density at radius 3 is 2.53 bits per heavy atom. The van der Waals surface area contributed by atoms with E-state index in [1.807, 2.05) is 0 Å². The minimum Gasteiger partial charge on any atom is -0.353 e. The second-order valence-electron chi connectivity index (χ2n) is 5.84. The summed E-state index contributed by atoms with van der Waals surface area (Å²) in [5.74, 6) is 2.25. The summed E-state index contributed by atoms with van der Waals surface area (Å²) in [5.41, 5.74) is 5.62. The van der Waals surface area contributed by atoms with Crippen molar-refractivity contribution < 1.29 is 4.79 Å². The zero-order chi connectivity index (χ0) is 14.5. The molecular formula is C14H26N4O. The van der Waals surface area contributed by atoms with Crippen molar-refractivity contribution in [1.82, 2.24) is 15.1 Å². The Morgan fingerprint density at radius 2 is 2.00 bits per heavy atom. The quantitative estimate of drug-likeness (QED) is 0.657. The van der Waals surface area contributed by atoms with Crippen LogP contribution >= 0.6 is 0 Å². The summed E-state index contributed by atoms with van der Waals surface area (Å²) in [5, 5.41) is 2.90. The first-order valence-electron chi connectivity index (χ1n) is 6.77. The van der Waals surface area contributed by atoms with Crippen LogP contribution in [0.5, 0.6) is 0 Å². The van der Waals surface area contributed by atoms with Crippen LogP contribution in [-0.4, -0.2) is 67.1 Å². The van der Waals surface area contributed by atoms with Gasteiger partial charge in [0.2, 0.25) is 5.91 Å². The molecule has 0 aromatic heterocycles. The van der Waals surface area contributed by atoms with E-state index in [1.54, 1.807) is 0 Å². The van der Waals surface area contributed by atoms with E-state index >= 15 is 0 Å². The third-order valence-electron chi connectivity index (χ3n) is 3.73. The average molecular weight is 266 g/mol. The van der Waals surface area contributed by atoms with Crippen LogP contribution in [0.3, 0.4) is 0 Å². The second kappa shape index (κ2) is 6.90. The third-order valence-corrected chi connectivity index (χ3v) is 3.73. The van der Waals surface area contributed by atoms with Crippen molar-refractivity contribution in [3.05, 3.63) is 0 Å². The maximum absolute atomic E-state index is 11.8. The van der Waals surface area contributed by atoms with Gasteiger partial charge in [-0.1, -0.05) is 0 Å². The van der Waals surface area contributed by atoms with Crippen molar-refractivity contribution >= 4 is 5.91 Å². The molecule has 1 rings (SSSR count). The van der Waals surface area contributed by atoms with Crippen molar-refractivity contribution in [3.63, 3.8) is 0 Å². The molecule has 1 fully saturated rings. The zero-order valence-corrected chi connectivity index (χ0v) is 12.3. The molecule has 0 spiro atoms. The van der Waals surface area contributed by atoms with E-state index in [0.717, 1.165) is 26.2 Å². The summed E-state index contributed by atoms with van der Waals surface area (Å²) in [6.07, 6.45) is 5.43. The summed E-state index contributed by atoms with van der Waals surface area (Å²) in [6.45, 7) is 9.05. The van der Waals surface area contributed by atoms with Gasteiger partial charge in [-0.25, -0.2) is 0 Å². The maximum Gasteiger partial charge on any atom is 0.237 e. The lowest BCUT2D eigenvalue weighted by atomic mass is 10.0. The van der Waals surface area contributed by atoms with Gasteiger partial charge in [0.15, 0.2) is 0 Å². The van der Waals surface area contributed by atoms with E-state index in [-0.39, 0.29) is 17.9 Å². The lowest BCUT2D eigenvalue weighted by Crippen LogP contribution is -2.58. The van der Waals surface area contributed by atoms with Gasteiger partial charge < -0.3 is 16.0 Å². The second-order valence-corrected chi connectivity index (χ2v) is 5.84. The predicted octanol–water partition coefficient (Wildman–Crippen LogP) is -0.521. The number of likely N-dealkylation sites (N-methyl/N-ethyl adjacent to an activating group) is 1. The van der Waals surface area contributed by atoms with Crippen LogP contribution in [0.2, 0.25) is 0 Å². The predicted molar refractivity (Wildman–Crippen MR) is 77.6 cm³/mol. The van der Waals surface area contributed by atoms with Gasteiger partial charge in [-0.05, 0) is 20.9 Å². The molecule has 1 aliphatic heterocycles. The van der Waals surface area contributed by atoms with Crippen LogP contribution < -0.4 is 11.1 Å². The molecule has 0 radical (unpaired) electrons. The van der Waals surface area contributed by atoms with Crippen LogP contribution in [-0.2, 0) is 4.79 Å². The number of rotatable bonds is 5. The van der Waals surface area contributed by atoms with E-state index < -0.39 is 6.04 Å². The van der Waals surface area contributed by atoms with Crippen LogP contribution in [0.25, 0.3) is 0 Å². The first-order valence-corrected chi connectivity index (χ1v) is 6.77. The van der Waals surface area contributed by atoms with E-state index in [1.165, 1.54) is 0 Å². The first kappa shape index (κ1) is 16.0. The SMILES string of the molecule is C#CCC(N)C(=O)NCC(C)(C)N1CCN(C)CC1. The Morgan fingerprint density at radius 1 is 1.42 bits per heavy atom. The summed E-state index contributed by atoms with van der Waals surface area (Å²) in [7, 11) is 2.13. The molecule has 3 N–H and O–H groups in total. The van der Waals surface area contributed by atoms with Gasteiger partial charge in [0, 0.05) is 44.7 Å². The molecular weight excluding hydrogens is 240 g/mol. The summed E-state index contributed by atoms with van der Waals surface area (Å²) >= 11 is 0. The van der Waals surface area contributed by atoms with Crippen molar-refractivity contribution in [2.24, 2.45) is 5.73 Å². The number of hydrogen-bond acceptors (Lipinski definition) is 4. The monoisotopic (exact) mass is 266 g/mol. The molecule has 5 heteroatoms. The van der Waals surface area contributed by atoms with Gasteiger partial charge in [0.1, 0.15) is 0 Å². The summed E-state index contributed by atoms with van der Waals surface area (Å²) in [6, 6.07) is -0.603. The van der Waals surface area contributed by atoms with Crippen LogP contribution in [0.4, 0.5) is 0 Å². The normalized spacial score (nSPS) is 19.7. The molecule has 1 atom stereocenters. The third kappa shape index (κ3) is 4.83. The maximum atomic E-state index is 11.8. The highest BCUT2D eigenvalue weighted by Crippen LogP contribution is 2.15. The summed E-state index contributed by atoms with van der Waals surface area (Å²) in [4.78, 5) is 16.5. The highest BCUT2D eigenvalue weighted by Gasteiger charge is 2.29. The number of piperazine rings is 1. The molecule has 19 heavy (non-hydrogen) atoms. The van der Waals surface area contributed by atoms with Crippen LogP contribution in [0, 0.1) is 12.3 Å². The molecule has 0 bridgehead atoms. The number of carbonyl (C=O) groups excluding carboxylic acids is 1. The Kier molecular flexibility index (Phi) is 5.80. The van der Waals surface area contributed by atoms with Gasteiger partial charge in [0.25, 0.3) is 0 Å².